The quantitative estimate of drug-likeness (QED) is 0.412. The summed E-state index contributed by atoms with van der Waals surface area (Å²) in [6.45, 7) is 3.37. The van der Waals surface area contributed by atoms with Crippen LogP contribution in [0.1, 0.15) is 31.7 Å². The molecule has 0 aromatic heterocycles. The maximum absolute atomic E-state index is 13.4. The smallest absolute Gasteiger partial charge is 0.315 e. The normalized spacial score (nSPS) is 15.6. The lowest BCUT2D eigenvalue weighted by Gasteiger charge is -2.36. The Morgan fingerprint density at radius 2 is 1.93 bits per heavy atom. The van der Waals surface area contributed by atoms with Crippen LogP contribution in [0.4, 0.5) is 11.4 Å². The summed E-state index contributed by atoms with van der Waals surface area (Å²) in [5, 5.41) is 3.01. The molecular formula is C20H30N4O4. The standard InChI is InChI=1S/C20H30N4O4/c1-20(19(27)24-9-5-6-10-24,13-23(3)17(25)12-18(26)28-4)14-7-8-16(22-2)15(21)11-14/h7-8,11,22H,5-6,9-10,12-13,21H2,1-4H3. The van der Waals surface area contributed by atoms with Gasteiger partial charge in [0.15, 0.2) is 0 Å². The van der Waals surface area contributed by atoms with Gasteiger partial charge in [0.2, 0.25) is 11.8 Å². The van der Waals surface area contributed by atoms with Gasteiger partial charge >= 0.3 is 5.97 Å². The van der Waals surface area contributed by atoms with Gasteiger partial charge in [-0.2, -0.15) is 0 Å². The minimum Gasteiger partial charge on any atom is -0.469 e. The van der Waals surface area contributed by atoms with Crippen LogP contribution in [0.2, 0.25) is 0 Å². The molecule has 3 N–H and O–H groups in total. The molecule has 0 saturated carbocycles. The summed E-state index contributed by atoms with van der Waals surface area (Å²) >= 11 is 0. The lowest BCUT2D eigenvalue weighted by Crippen LogP contribution is -2.51. The molecule has 1 atom stereocenters. The Bertz CT molecular complexity index is 746. The highest BCUT2D eigenvalue weighted by molar-refractivity contribution is 5.95. The zero-order valence-corrected chi connectivity index (χ0v) is 17.1. The number of esters is 1. The molecule has 1 aromatic rings. The molecule has 1 fully saturated rings. The first-order valence-electron chi connectivity index (χ1n) is 9.41. The lowest BCUT2D eigenvalue weighted by molar-refractivity contribution is -0.147. The van der Waals surface area contributed by atoms with Gasteiger partial charge in [-0.3, -0.25) is 14.4 Å². The summed E-state index contributed by atoms with van der Waals surface area (Å²) in [5.41, 5.74) is 7.19. The van der Waals surface area contributed by atoms with Gasteiger partial charge in [-0.05, 0) is 37.5 Å². The van der Waals surface area contributed by atoms with Crippen LogP contribution in [0, 0.1) is 0 Å². The number of benzene rings is 1. The van der Waals surface area contributed by atoms with Crippen molar-refractivity contribution in [3.8, 4) is 0 Å². The number of likely N-dealkylation sites (tertiary alicyclic amines) is 1. The zero-order valence-electron chi connectivity index (χ0n) is 17.1. The first kappa shape index (κ1) is 21.5. The Morgan fingerprint density at radius 3 is 2.46 bits per heavy atom. The van der Waals surface area contributed by atoms with E-state index in [0.29, 0.717) is 18.8 Å². The first-order chi connectivity index (χ1) is 13.2. The maximum Gasteiger partial charge on any atom is 0.315 e. The summed E-state index contributed by atoms with van der Waals surface area (Å²) in [7, 11) is 4.61. The van der Waals surface area contributed by atoms with Gasteiger partial charge in [-0.15, -0.1) is 0 Å². The van der Waals surface area contributed by atoms with Gasteiger partial charge in [0.1, 0.15) is 6.42 Å². The summed E-state index contributed by atoms with van der Waals surface area (Å²) in [6, 6.07) is 5.46. The number of carbonyl (C=O) groups excluding carboxylic acids is 3. The second kappa shape index (κ2) is 8.95. The topological polar surface area (TPSA) is 105 Å². The first-order valence-corrected chi connectivity index (χ1v) is 9.41. The van der Waals surface area contributed by atoms with Crippen molar-refractivity contribution in [1.29, 1.82) is 0 Å². The number of nitrogens with zero attached hydrogens (tertiary/aromatic N) is 2. The summed E-state index contributed by atoms with van der Waals surface area (Å²) in [6.07, 6.45) is 1.58. The van der Waals surface area contributed by atoms with Crippen LogP contribution in [0.3, 0.4) is 0 Å². The van der Waals surface area contributed by atoms with E-state index in [1.807, 2.05) is 24.0 Å². The second-order valence-corrected chi connectivity index (χ2v) is 7.39. The number of carbonyl (C=O) groups is 3. The van der Waals surface area contributed by atoms with Crippen LogP contribution in [-0.4, -0.2) is 68.4 Å². The van der Waals surface area contributed by atoms with Crippen molar-refractivity contribution in [3.63, 3.8) is 0 Å². The van der Waals surface area contributed by atoms with Crippen LogP contribution in [0.15, 0.2) is 18.2 Å². The van der Waals surface area contributed by atoms with Crippen LogP contribution in [0.25, 0.3) is 0 Å². The fraction of sp³-hybridized carbons (Fsp3) is 0.550. The predicted octanol–water partition coefficient (Wildman–Crippen LogP) is 1.21. The van der Waals surface area contributed by atoms with Crippen molar-refractivity contribution in [2.45, 2.75) is 31.6 Å². The summed E-state index contributed by atoms with van der Waals surface area (Å²) in [4.78, 5) is 40.5. The molecule has 0 spiro atoms. The molecule has 1 aliphatic heterocycles. The average Bonchev–Trinajstić information content (AvgIpc) is 3.21. The van der Waals surface area contributed by atoms with E-state index >= 15 is 0 Å². The Kier molecular flexibility index (Phi) is 6.88. The Labute approximate surface area is 166 Å². The van der Waals surface area contributed by atoms with Gasteiger partial charge in [0.05, 0.1) is 23.9 Å². The van der Waals surface area contributed by atoms with E-state index in [-0.39, 0.29) is 18.9 Å². The number of anilines is 2. The van der Waals surface area contributed by atoms with Crippen molar-refractivity contribution in [2.24, 2.45) is 0 Å². The number of ether oxygens (including phenoxy) is 1. The van der Waals surface area contributed by atoms with Crippen LogP contribution >= 0.6 is 0 Å². The van der Waals surface area contributed by atoms with Gasteiger partial charge in [-0.25, -0.2) is 0 Å². The third-order valence-corrected chi connectivity index (χ3v) is 5.33. The van der Waals surface area contributed by atoms with E-state index in [1.54, 1.807) is 20.2 Å². The molecule has 1 aromatic carbocycles. The number of methoxy groups -OCH3 is 1. The molecule has 2 amide bonds. The molecule has 28 heavy (non-hydrogen) atoms. The monoisotopic (exact) mass is 390 g/mol. The van der Waals surface area contributed by atoms with Crippen molar-refractivity contribution in [3.05, 3.63) is 23.8 Å². The van der Waals surface area contributed by atoms with E-state index < -0.39 is 17.3 Å². The highest BCUT2D eigenvalue weighted by Gasteiger charge is 2.41. The van der Waals surface area contributed by atoms with Crippen molar-refractivity contribution in [1.82, 2.24) is 9.80 Å². The Morgan fingerprint density at radius 1 is 1.29 bits per heavy atom. The maximum atomic E-state index is 13.4. The molecule has 1 aliphatic rings. The third kappa shape index (κ3) is 4.55. The van der Waals surface area contributed by atoms with Gasteiger partial charge < -0.3 is 25.6 Å². The number of likely N-dealkylation sites (N-methyl/N-ethyl adjacent to an activating group) is 1. The number of rotatable bonds is 7. The fourth-order valence-electron chi connectivity index (χ4n) is 3.58. The summed E-state index contributed by atoms with van der Waals surface area (Å²) < 4.78 is 4.57. The fourth-order valence-corrected chi connectivity index (χ4v) is 3.58. The molecule has 2 rings (SSSR count). The molecule has 1 saturated heterocycles. The van der Waals surface area contributed by atoms with Gasteiger partial charge in [-0.1, -0.05) is 6.07 Å². The minimum absolute atomic E-state index is 0.0423. The van der Waals surface area contributed by atoms with Crippen molar-refractivity contribution < 1.29 is 19.1 Å². The van der Waals surface area contributed by atoms with Crippen molar-refractivity contribution in [2.75, 3.05) is 51.9 Å². The molecule has 1 unspecified atom stereocenters. The molecule has 8 nitrogen and oxygen atoms in total. The molecule has 0 bridgehead atoms. The Balaban J connectivity index is 2.35. The molecule has 0 radical (unpaired) electrons. The third-order valence-electron chi connectivity index (χ3n) is 5.33. The summed E-state index contributed by atoms with van der Waals surface area (Å²) in [5.74, 6) is -1.04. The van der Waals surface area contributed by atoms with E-state index in [1.165, 1.54) is 12.0 Å². The molecule has 0 aliphatic carbocycles. The Hall–Kier alpha value is -2.77. The SMILES string of the molecule is CNc1ccc(C(C)(CN(C)C(=O)CC(=O)OC)C(=O)N2CCCC2)cc1N. The molecule has 1 heterocycles. The lowest BCUT2D eigenvalue weighted by atomic mass is 9.80. The van der Waals surface area contributed by atoms with Gasteiger partial charge in [0, 0.05) is 33.7 Å². The molecular weight excluding hydrogens is 360 g/mol. The largest absolute Gasteiger partial charge is 0.469 e. The number of amides is 2. The van der Waals surface area contributed by atoms with E-state index in [4.69, 9.17) is 5.73 Å². The highest BCUT2D eigenvalue weighted by atomic mass is 16.5. The zero-order chi connectivity index (χ0) is 20.9. The molecule has 8 heteroatoms. The van der Waals surface area contributed by atoms with E-state index in [9.17, 15) is 14.4 Å². The van der Waals surface area contributed by atoms with Crippen LogP contribution in [0.5, 0.6) is 0 Å². The number of hydrogen-bond acceptors (Lipinski definition) is 6. The van der Waals surface area contributed by atoms with Crippen molar-refractivity contribution >= 4 is 29.2 Å². The number of nitrogens with two attached hydrogens (primary N) is 1. The number of hydrogen-bond donors (Lipinski definition) is 2. The second-order valence-electron chi connectivity index (χ2n) is 7.39. The predicted molar refractivity (Wildman–Crippen MR) is 108 cm³/mol. The molecule has 154 valence electrons. The van der Waals surface area contributed by atoms with E-state index in [2.05, 4.69) is 10.1 Å². The van der Waals surface area contributed by atoms with E-state index in [0.717, 1.165) is 24.1 Å². The van der Waals surface area contributed by atoms with Crippen LogP contribution < -0.4 is 11.1 Å². The van der Waals surface area contributed by atoms with Crippen LogP contribution in [-0.2, 0) is 24.5 Å². The average molecular weight is 390 g/mol. The number of nitrogen functional groups attached to an aromatic ring is 1. The minimum atomic E-state index is -0.981. The number of nitrogens with one attached hydrogen (secondary N) is 1. The highest BCUT2D eigenvalue weighted by Crippen LogP contribution is 2.32. The van der Waals surface area contributed by atoms with Gasteiger partial charge in [0.25, 0.3) is 0 Å².